The summed E-state index contributed by atoms with van der Waals surface area (Å²) in [6.45, 7) is 13.6. The van der Waals surface area contributed by atoms with Crippen molar-refractivity contribution < 1.29 is 27.5 Å². The van der Waals surface area contributed by atoms with E-state index < -0.39 is 0 Å². The highest BCUT2D eigenvalue weighted by Crippen LogP contribution is 2.57. The zero-order valence-electron chi connectivity index (χ0n) is 64.4. The molecular formula is C109H76O6. The van der Waals surface area contributed by atoms with Gasteiger partial charge in [0.15, 0.2) is 34.0 Å². The fourth-order valence-electron chi connectivity index (χ4n) is 18.7. The molecule has 115 heavy (non-hydrogen) atoms. The Hall–Kier alpha value is -14.2. The van der Waals surface area contributed by atoms with E-state index in [1.807, 2.05) is 42.5 Å². The summed E-state index contributed by atoms with van der Waals surface area (Å²) in [5.41, 5.74) is 23.3. The van der Waals surface area contributed by atoms with E-state index in [2.05, 4.69) is 351 Å². The number of hydrogen-bond acceptors (Lipinski definition) is 6. The van der Waals surface area contributed by atoms with Crippen LogP contribution in [0.2, 0.25) is 0 Å². The molecule has 0 saturated carbocycles. The number of benzene rings is 18. The maximum atomic E-state index is 6.72. The molecule has 0 unspecified atom stereocenters. The Bertz CT molecular complexity index is 7590. The molecule has 24 rings (SSSR count). The van der Waals surface area contributed by atoms with Crippen molar-refractivity contribution in [3.8, 4) is 90.1 Å². The molecule has 548 valence electrons. The van der Waals surface area contributed by atoms with E-state index in [0.29, 0.717) is 0 Å². The lowest BCUT2D eigenvalue weighted by Gasteiger charge is -2.34. The first kappa shape index (κ1) is 67.7. The van der Waals surface area contributed by atoms with Gasteiger partial charge in [-0.3, -0.25) is 0 Å². The molecular weight excluding hydrogens is 1410 g/mol. The normalized spacial score (nSPS) is 13.9. The highest BCUT2D eigenvalue weighted by atomic mass is 16.5. The van der Waals surface area contributed by atoms with Gasteiger partial charge in [-0.05, 0) is 178 Å². The highest BCUT2D eigenvalue weighted by molar-refractivity contribution is 6.16. The molecule has 3 aromatic heterocycles. The van der Waals surface area contributed by atoms with Crippen LogP contribution in [0.4, 0.5) is 0 Å². The molecule has 0 atom stereocenters. The van der Waals surface area contributed by atoms with Gasteiger partial charge < -0.3 is 27.5 Å². The lowest BCUT2D eigenvalue weighted by atomic mass is 9.74. The van der Waals surface area contributed by atoms with Crippen LogP contribution in [0, 0.1) is 0 Å². The molecule has 3 aliphatic rings. The zero-order valence-corrected chi connectivity index (χ0v) is 64.4. The fraction of sp³-hybridized carbons (Fsp3) is 0.0826. The standard InChI is InChI=1S/C39H28O2.2C35H24O2/c1-39(2)33-21-19-30(24-36(33)41-38-34(39)22-20-32-31-13-6-7-14-35(31)40-37(32)38)27-17-15-26(16-18-27)29-12-8-11-28(23-29)25-9-4-3-5-10-25;1-35(2)29-17-16-27-26-13-7-8-14-31(26)36-33(27)34(29)37-32-18-15-22(20-30(32)35)28-19-21-9-3-4-10-23(21)24-11-5-6-12-25(24)28;1-35(2)29-17-15-22(28-19-21-9-3-4-10-23(21)24-11-5-6-12-25(24)28)20-32(29)37-34-30(35)18-16-27-26-13-7-8-14-31(26)36-33(27)34/h3-24H,1-2H3;2*3-20H,1-2H3. The van der Waals surface area contributed by atoms with Crippen LogP contribution in [0.15, 0.2) is 365 Å². The average molecular weight is 1480 g/mol. The summed E-state index contributed by atoms with van der Waals surface area (Å²) in [4.78, 5) is 0. The third-order valence-electron chi connectivity index (χ3n) is 24.8. The predicted octanol–water partition coefficient (Wildman–Crippen LogP) is 31.0. The number of hydrogen-bond donors (Lipinski definition) is 0. The van der Waals surface area contributed by atoms with Crippen molar-refractivity contribution in [2.75, 3.05) is 0 Å². The third-order valence-corrected chi connectivity index (χ3v) is 24.8. The second-order valence-corrected chi connectivity index (χ2v) is 32.5. The zero-order chi connectivity index (χ0) is 77.0. The molecule has 3 aliphatic heterocycles. The molecule has 0 saturated heterocycles. The lowest BCUT2D eigenvalue weighted by molar-refractivity contribution is 0.415. The largest absolute Gasteiger partial charge is 0.453 e. The van der Waals surface area contributed by atoms with E-state index in [4.69, 9.17) is 27.5 Å². The van der Waals surface area contributed by atoms with Crippen LogP contribution in [0.3, 0.4) is 0 Å². The molecule has 0 N–H and O–H groups in total. The molecule has 0 amide bonds. The Labute approximate surface area is 665 Å². The van der Waals surface area contributed by atoms with Crippen molar-refractivity contribution in [2.24, 2.45) is 0 Å². The van der Waals surface area contributed by atoms with Crippen LogP contribution >= 0.6 is 0 Å². The van der Waals surface area contributed by atoms with Gasteiger partial charge in [0.1, 0.15) is 34.0 Å². The SMILES string of the molecule is CC1(C)c2cc(-c3cc4ccccc4c4ccccc34)ccc2Oc2c1ccc1c2oc2ccccc21.CC1(C)c2ccc(-c3cc4ccccc4c4ccccc34)cc2Oc2c1ccc1c2oc2ccccc21.CC1(C)c2ccc(-c3ccc(-c4cccc(-c5ccccc5)c4)cc3)cc2Oc2c1ccc1c2oc2ccccc21. The molecule has 0 fully saturated rings. The smallest absolute Gasteiger partial charge is 0.178 e. The molecule has 0 aliphatic carbocycles. The maximum absolute atomic E-state index is 6.72. The van der Waals surface area contributed by atoms with Gasteiger partial charge in [-0.15, -0.1) is 0 Å². The van der Waals surface area contributed by atoms with Crippen molar-refractivity contribution in [1.82, 2.24) is 0 Å². The summed E-state index contributed by atoms with van der Waals surface area (Å²) in [5.74, 6) is 5.14. The Morgan fingerprint density at radius 2 is 0.496 bits per heavy atom. The molecule has 0 bridgehead atoms. The minimum atomic E-state index is -0.251. The van der Waals surface area contributed by atoms with Gasteiger partial charge in [-0.25, -0.2) is 0 Å². The van der Waals surface area contributed by atoms with E-state index in [0.717, 1.165) is 134 Å². The predicted molar refractivity (Wildman–Crippen MR) is 474 cm³/mol. The Balaban J connectivity index is 0.000000105. The van der Waals surface area contributed by atoms with Crippen LogP contribution < -0.4 is 14.2 Å². The number of para-hydroxylation sites is 3. The van der Waals surface area contributed by atoms with E-state index in [1.165, 1.54) is 98.7 Å². The molecule has 0 radical (unpaired) electrons. The number of rotatable bonds is 5. The van der Waals surface area contributed by atoms with Gasteiger partial charge in [0, 0.05) is 81.9 Å². The first-order chi connectivity index (χ1) is 56.2. The van der Waals surface area contributed by atoms with Gasteiger partial charge in [0.25, 0.3) is 0 Å². The van der Waals surface area contributed by atoms with Crippen molar-refractivity contribution in [1.29, 1.82) is 0 Å². The molecule has 18 aromatic carbocycles. The van der Waals surface area contributed by atoms with E-state index in [1.54, 1.807) is 0 Å². The van der Waals surface area contributed by atoms with Gasteiger partial charge >= 0.3 is 0 Å². The lowest BCUT2D eigenvalue weighted by Crippen LogP contribution is -2.24. The van der Waals surface area contributed by atoms with Crippen LogP contribution in [-0.2, 0) is 16.2 Å². The summed E-state index contributed by atoms with van der Waals surface area (Å²) in [5, 5.41) is 16.7. The van der Waals surface area contributed by atoms with Gasteiger partial charge in [-0.2, -0.15) is 0 Å². The second kappa shape index (κ2) is 25.9. The number of fused-ring (bicyclic) bond motifs is 24. The van der Waals surface area contributed by atoms with Crippen LogP contribution in [0.1, 0.15) is 74.9 Å². The molecule has 0 spiro atoms. The van der Waals surface area contributed by atoms with E-state index in [9.17, 15) is 0 Å². The minimum Gasteiger partial charge on any atom is -0.453 e. The Morgan fingerprint density at radius 1 is 0.183 bits per heavy atom. The van der Waals surface area contributed by atoms with Gasteiger partial charge in [0.2, 0.25) is 0 Å². The summed E-state index contributed by atoms with van der Waals surface area (Å²) >= 11 is 0. The maximum Gasteiger partial charge on any atom is 0.178 e. The van der Waals surface area contributed by atoms with Gasteiger partial charge in [-0.1, -0.05) is 315 Å². The van der Waals surface area contributed by atoms with E-state index >= 15 is 0 Å². The van der Waals surface area contributed by atoms with Crippen LogP contribution in [0.25, 0.3) is 165 Å². The topological polar surface area (TPSA) is 67.1 Å². The average Bonchev–Trinajstić information content (AvgIpc) is 1.71. The molecule has 6 heteroatoms. The van der Waals surface area contributed by atoms with Crippen molar-refractivity contribution in [2.45, 2.75) is 57.8 Å². The van der Waals surface area contributed by atoms with Crippen LogP contribution in [0.5, 0.6) is 34.5 Å². The summed E-state index contributed by atoms with van der Waals surface area (Å²) in [6.07, 6.45) is 0. The summed E-state index contributed by atoms with van der Waals surface area (Å²) in [6, 6.07) is 125. The van der Waals surface area contributed by atoms with Gasteiger partial charge in [0.05, 0.1) is 0 Å². The molecule has 6 heterocycles. The molecule has 21 aromatic rings. The van der Waals surface area contributed by atoms with Crippen LogP contribution in [-0.4, -0.2) is 0 Å². The van der Waals surface area contributed by atoms with E-state index in [-0.39, 0.29) is 16.2 Å². The second-order valence-electron chi connectivity index (χ2n) is 32.5. The quantitative estimate of drug-likeness (QED) is 0.160. The number of furan rings is 3. The Kier molecular flexibility index (Phi) is 15.3. The van der Waals surface area contributed by atoms with Crippen molar-refractivity contribution >= 4 is 109 Å². The first-order valence-electron chi connectivity index (χ1n) is 39.6. The first-order valence-corrected chi connectivity index (χ1v) is 39.6. The van der Waals surface area contributed by atoms with Crippen molar-refractivity contribution in [3.63, 3.8) is 0 Å². The summed E-state index contributed by atoms with van der Waals surface area (Å²) < 4.78 is 39.0. The molecule has 6 nitrogen and oxygen atoms in total. The Morgan fingerprint density at radius 3 is 0.957 bits per heavy atom. The third kappa shape index (κ3) is 10.8. The highest BCUT2D eigenvalue weighted by Gasteiger charge is 2.40. The summed E-state index contributed by atoms with van der Waals surface area (Å²) in [7, 11) is 0. The monoisotopic (exact) mass is 1480 g/mol. The number of ether oxygens (including phenoxy) is 3. The fourth-order valence-corrected chi connectivity index (χ4v) is 18.7. The minimum absolute atomic E-state index is 0.220. The van der Waals surface area contributed by atoms with Crippen molar-refractivity contribution in [3.05, 3.63) is 385 Å².